The minimum atomic E-state index is -0.0394. The summed E-state index contributed by atoms with van der Waals surface area (Å²) in [6, 6.07) is 6.68. The molecule has 3 nitrogen and oxygen atoms in total. The number of rotatable bonds is 0. The fourth-order valence-corrected chi connectivity index (χ4v) is 5.20. The summed E-state index contributed by atoms with van der Waals surface area (Å²) < 4.78 is 9.07. The van der Waals surface area contributed by atoms with Gasteiger partial charge in [0.25, 0.3) is 0 Å². The van der Waals surface area contributed by atoms with Crippen molar-refractivity contribution in [2.75, 3.05) is 11.4 Å². The first-order valence-corrected chi connectivity index (χ1v) is 9.96. The van der Waals surface area contributed by atoms with Gasteiger partial charge in [-0.1, -0.05) is 18.2 Å². The molecule has 0 spiro atoms. The summed E-state index contributed by atoms with van der Waals surface area (Å²) in [6.07, 6.45) is 21.1. The first-order chi connectivity index (χ1) is 13.9. The van der Waals surface area contributed by atoms with E-state index in [9.17, 15) is 0 Å². The van der Waals surface area contributed by atoms with Gasteiger partial charge in [-0.15, -0.1) is 0 Å². The molecule has 1 unspecified atom stereocenters. The maximum atomic E-state index is 6.75. The fraction of sp³-hybridized carbons (Fsp3) is 0.160. The minimum absolute atomic E-state index is 0.0394. The van der Waals surface area contributed by atoms with E-state index < -0.39 is 0 Å². The molecule has 5 aliphatic rings. The van der Waals surface area contributed by atoms with E-state index in [0.717, 1.165) is 25.3 Å². The average molecular weight is 363 g/mol. The zero-order valence-electron chi connectivity index (χ0n) is 15.4. The van der Waals surface area contributed by atoms with Gasteiger partial charge >= 0.3 is 0 Å². The van der Waals surface area contributed by atoms with Crippen LogP contribution >= 0.6 is 0 Å². The zero-order valence-corrected chi connectivity index (χ0v) is 15.4. The van der Waals surface area contributed by atoms with E-state index in [1.807, 2.05) is 0 Å². The molecule has 0 saturated heterocycles. The molecule has 134 valence electrons. The Kier molecular flexibility index (Phi) is 2.69. The molecule has 1 aliphatic carbocycles. The summed E-state index contributed by atoms with van der Waals surface area (Å²) in [6.45, 7) is 1.85. The van der Waals surface area contributed by atoms with Crippen LogP contribution in [0.15, 0.2) is 66.5 Å². The van der Waals surface area contributed by atoms with Crippen LogP contribution in [-0.2, 0) is 13.0 Å². The maximum absolute atomic E-state index is 6.75. The van der Waals surface area contributed by atoms with Crippen LogP contribution in [-0.4, -0.2) is 6.54 Å². The summed E-state index contributed by atoms with van der Waals surface area (Å²) in [5, 5.41) is 0. The molecule has 0 N–H and O–H groups in total. The number of benzene rings is 1. The van der Waals surface area contributed by atoms with Crippen molar-refractivity contribution in [2.45, 2.75) is 19.1 Å². The highest BCUT2D eigenvalue weighted by atomic mass is 16.5. The van der Waals surface area contributed by atoms with Gasteiger partial charge in [-0.25, -0.2) is 0 Å². The molecule has 5 heterocycles. The average Bonchev–Trinajstić information content (AvgIpc) is 2.74. The predicted octanol–water partition coefficient (Wildman–Crippen LogP) is 4.36. The van der Waals surface area contributed by atoms with Crippen LogP contribution in [0.5, 0.6) is 5.75 Å². The van der Waals surface area contributed by atoms with Crippen LogP contribution in [0.4, 0.5) is 5.69 Å². The van der Waals surface area contributed by atoms with Gasteiger partial charge in [-0.2, -0.15) is 4.57 Å². The Hall–Kier alpha value is -3.33. The van der Waals surface area contributed by atoms with Crippen LogP contribution in [0.2, 0.25) is 0 Å². The molecule has 1 atom stereocenters. The Balaban J connectivity index is 1.48. The first-order valence-electron chi connectivity index (χ1n) is 9.96. The van der Waals surface area contributed by atoms with Crippen molar-refractivity contribution >= 4 is 23.4 Å². The number of anilines is 1. The van der Waals surface area contributed by atoms with E-state index in [4.69, 9.17) is 4.74 Å². The molecular formula is C25H19N2O+. The molecule has 0 bridgehead atoms. The number of allylic oxidation sites excluding steroid dienone is 4. The molecule has 0 amide bonds. The normalized spacial score (nSPS) is 21.7. The second-order valence-corrected chi connectivity index (χ2v) is 7.97. The third-order valence-electron chi connectivity index (χ3n) is 6.33. The largest absolute Gasteiger partial charge is 0.479 e. The van der Waals surface area contributed by atoms with Crippen molar-refractivity contribution in [3.63, 3.8) is 0 Å². The lowest BCUT2D eigenvalue weighted by Crippen LogP contribution is -2.41. The van der Waals surface area contributed by atoms with Crippen LogP contribution in [0.3, 0.4) is 0 Å². The summed E-state index contributed by atoms with van der Waals surface area (Å²) in [5.74, 6) is 1.02. The van der Waals surface area contributed by atoms with Gasteiger partial charge in [-0.3, -0.25) is 0 Å². The van der Waals surface area contributed by atoms with Crippen molar-refractivity contribution in [3.05, 3.63) is 94.5 Å². The van der Waals surface area contributed by atoms with Crippen molar-refractivity contribution in [1.82, 2.24) is 0 Å². The Bertz CT molecular complexity index is 1230. The number of ether oxygens (including phenoxy) is 1. The number of hydrogen-bond acceptors (Lipinski definition) is 2. The monoisotopic (exact) mass is 363 g/mol. The lowest BCUT2D eigenvalue weighted by Gasteiger charge is -2.36. The molecular weight excluding hydrogens is 344 g/mol. The van der Waals surface area contributed by atoms with Crippen molar-refractivity contribution < 1.29 is 9.30 Å². The molecule has 3 heteroatoms. The van der Waals surface area contributed by atoms with Crippen LogP contribution in [0.25, 0.3) is 17.7 Å². The van der Waals surface area contributed by atoms with E-state index in [0.29, 0.717) is 0 Å². The topological polar surface area (TPSA) is 16.4 Å². The van der Waals surface area contributed by atoms with E-state index >= 15 is 0 Å². The Morgan fingerprint density at radius 2 is 2.11 bits per heavy atom. The highest BCUT2D eigenvalue weighted by Crippen LogP contribution is 2.49. The van der Waals surface area contributed by atoms with Crippen LogP contribution in [0.1, 0.15) is 34.1 Å². The Morgan fingerprint density at radius 1 is 1.11 bits per heavy atom. The van der Waals surface area contributed by atoms with E-state index in [-0.39, 0.29) is 6.10 Å². The number of fused-ring (bicyclic) bond motifs is 4. The molecule has 0 saturated carbocycles. The van der Waals surface area contributed by atoms with E-state index in [1.54, 1.807) is 0 Å². The van der Waals surface area contributed by atoms with Gasteiger partial charge in [0.15, 0.2) is 18.8 Å². The summed E-state index contributed by atoms with van der Waals surface area (Å²) in [4.78, 5) is 2.33. The molecule has 0 radical (unpaired) electrons. The fourth-order valence-electron chi connectivity index (χ4n) is 5.20. The first kappa shape index (κ1) is 14.7. The highest BCUT2D eigenvalue weighted by Gasteiger charge is 2.37. The maximum Gasteiger partial charge on any atom is 0.220 e. The van der Waals surface area contributed by atoms with E-state index in [2.05, 4.69) is 82.6 Å². The van der Waals surface area contributed by atoms with Gasteiger partial charge in [-0.05, 0) is 54.0 Å². The molecule has 7 rings (SSSR count). The third-order valence-corrected chi connectivity index (χ3v) is 6.33. The zero-order chi connectivity index (χ0) is 18.2. The summed E-state index contributed by atoms with van der Waals surface area (Å²) in [5.41, 5.74) is 10.2. The quantitative estimate of drug-likeness (QED) is 0.647. The lowest BCUT2D eigenvalue weighted by atomic mass is 9.84. The molecule has 1 aromatic heterocycles. The van der Waals surface area contributed by atoms with Crippen LogP contribution < -0.4 is 14.2 Å². The highest BCUT2D eigenvalue weighted by molar-refractivity contribution is 5.88. The molecule has 2 aromatic rings. The standard InChI is InChI=1S/C25H19N2O/c1-5-16-13-18-15-19-14-17-6-2-10-27-12-4-8-21(23(17)27)25(19)28-24(18)20-7-3-11-26(9-1)22(16)20/h1-5,7-8,10-11,13-15,24H,6,9,12H2/q+1. The van der Waals surface area contributed by atoms with Gasteiger partial charge in [0.05, 0.1) is 11.3 Å². The second-order valence-electron chi connectivity index (χ2n) is 7.97. The summed E-state index contributed by atoms with van der Waals surface area (Å²) in [7, 11) is 0. The molecule has 1 aromatic carbocycles. The van der Waals surface area contributed by atoms with Gasteiger partial charge in [0.2, 0.25) is 5.69 Å². The Morgan fingerprint density at radius 3 is 3.11 bits per heavy atom. The summed E-state index contributed by atoms with van der Waals surface area (Å²) >= 11 is 0. The third kappa shape index (κ3) is 1.81. The van der Waals surface area contributed by atoms with Gasteiger partial charge < -0.3 is 9.64 Å². The number of nitrogens with zero attached hydrogens (tertiary/aromatic N) is 2. The van der Waals surface area contributed by atoms with Crippen molar-refractivity contribution in [3.8, 4) is 5.75 Å². The molecule has 0 fully saturated rings. The molecule has 28 heavy (non-hydrogen) atoms. The number of hydrogen-bond donors (Lipinski definition) is 0. The molecule has 4 aliphatic heterocycles. The smallest absolute Gasteiger partial charge is 0.220 e. The van der Waals surface area contributed by atoms with Gasteiger partial charge in [0, 0.05) is 35.5 Å². The van der Waals surface area contributed by atoms with E-state index in [1.165, 1.54) is 44.8 Å². The SMILES string of the molecule is C1=CN2CC=Cc3c4c(cc(c32)C1)C=C1C=C2C=CC[n+]3cccc(c32)C1O4. The van der Waals surface area contributed by atoms with Crippen molar-refractivity contribution in [2.24, 2.45) is 0 Å². The Labute approximate surface area is 163 Å². The van der Waals surface area contributed by atoms with Gasteiger partial charge in [0.1, 0.15) is 5.75 Å². The number of pyridine rings is 1. The van der Waals surface area contributed by atoms with Crippen molar-refractivity contribution in [1.29, 1.82) is 0 Å². The van der Waals surface area contributed by atoms with Crippen LogP contribution in [0, 0.1) is 0 Å². The second kappa shape index (κ2) is 5.14. The lowest BCUT2D eigenvalue weighted by molar-refractivity contribution is -0.690. The predicted molar refractivity (Wildman–Crippen MR) is 111 cm³/mol. The minimum Gasteiger partial charge on any atom is -0.479 e. The number of aromatic nitrogens is 1.